The van der Waals surface area contributed by atoms with E-state index < -0.39 is 36.7 Å². The highest BCUT2D eigenvalue weighted by Gasteiger charge is 2.44. The number of nitrogens with zero attached hydrogens (tertiary/aromatic N) is 1. The van der Waals surface area contributed by atoms with E-state index in [0.29, 0.717) is 39.0 Å². The number of aromatic nitrogens is 1. The Morgan fingerprint density at radius 3 is 2.29 bits per heavy atom. The first kappa shape index (κ1) is 24.8. The standard InChI is InChI=1S/C25H27NO9/c1-12-16(11-19(27)28)17-10-15(33-2)8-9-18(17)26(12)24(32)14-6-4-13(5-7-14)23-21(30)20(29)22(31)25(34-3)35-23/h4-10,20-23,25,29-31H,11H2,1-3H3,(H,27,28)/t20-,21-,22-,23+,25-/m0/s1. The molecule has 1 aliphatic heterocycles. The lowest BCUT2D eigenvalue weighted by atomic mass is 9.93. The first-order valence-electron chi connectivity index (χ1n) is 10.9. The van der Waals surface area contributed by atoms with E-state index in [1.54, 1.807) is 49.4 Å². The van der Waals surface area contributed by atoms with E-state index >= 15 is 0 Å². The predicted octanol–water partition coefficient (Wildman–Crippen LogP) is 1.40. The van der Waals surface area contributed by atoms with E-state index in [2.05, 4.69) is 0 Å². The molecule has 0 aliphatic carbocycles. The van der Waals surface area contributed by atoms with Crippen LogP contribution in [0.3, 0.4) is 0 Å². The number of rotatable bonds is 6. The second-order valence-electron chi connectivity index (χ2n) is 8.41. The fourth-order valence-corrected chi connectivity index (χ4v) is 4.49. The van der Waals surface area contributed by atoms with Crippen molar-refractivity contribution >= 4 is 22.8 Å². The van der Waals surface area contributed by atoms with Crippen molar-refractivity contribution in [1.29, 1.82) is 0 Å². The molecule has 0 amide bonds. The Bertz CT molecular complexity index is 1250. The van der Waals surface area contributed by atoms with Gasteiger partial charge in [0.05, 0.1) is 19.0 Å². The van der Waals surface area contributed by atoms with Gasteiger partial charge in [-0.1, -0.05) is 12.1 Å². The van der Waals surface area contributed by atoms with Crippen LogP contribution in [0, 0.1) is 6.92 Å². The molecule has 2 aromatic carbocycles. The van der Waals surface area contributed by atoms with Crippen LogP contribution in [-0.2, 0) is 20.7 Å². The molecule has 0 radical (unpaired) electrons. The summed E-state index contributed by atoms with van der Waals surface area (Å²) in [7, 11) is 2.82. The smallest absolute Gasteiger partial charge is 0.307 e. The molecule has 35 heavy (non-hydrogen) atoms. The number of fused-ring (bicyclic) bond motifs is 1. The monoisotopic (exact) mass is 485 g/mol. The van der Waals surface area contributed by atoms with Gasteiger partial charge in [0.15, 0.2) is 6.29 Å². The first-order chi connectivity index (χ1) is 16.7. The van der Waals surface area contributed by atoms with Crippen LogP contribution in [0.15, 0.2) is 42.5 Å². The molecule has 1 aromatic heterocycles. The Morgan fingerprint density at radius 2 is 1.69 bits per heavy atom. The second-order valence-corrected chi connectivity index (χ2v) is 8.41. The first-order valence-corrected chi connectivity index (χ1v) is 10.9. The highest BCUT2D eigenvalue weighted by molar-refractivity contribution is 6.05. The van der Waals surface area contributed by atoms with Crippen molar-refractivity contribution in [2.24, 2.45) is 0 Å². The van der Waals surface area contributed by atoms with Crippen LogP contribution in [0.25, 0.3) is 10.9 Å². The average Bonchev–Trinajstić information content (AvgIpc) is 3.12. The minimum absolute atomic E-state index is 0.250. The van der Waals surface area contributed by atoms with Crippen LogP contribution in [0.2, 0.25) is 0 Å². The fourth-order valence-electron chi connectivity index (χ4n) is 4.49. The Kier molecular flexibility index (Phi) is 6.93. The molecular formula is C25H27NO9. The number of carboxylic acids is 1. The molecule has 1 saturated heterocycles. The van der Waals surface area contributed by atoms with Crippen LogP contribution >= 0.6 is 0 Å². The Labute approximate surface area is 200 Å². The zero-order chi connectivity index (χ0) is 25.4. The highest BCUT2D eigenvalue weighted by Crippen LogP contribution is 2.34. The number of aliphatic hydroxyl groups is 3. The van der Waals surface area contributed by atoms with E-state index in [-0.39, 0.29) is 12.3 Å². The quantitative estimate of drug-likeness (QED) is 0.407. The van der Waals surface area contributed by atoms with Crippen molar-refractivity contribution in [1.82, 2.24) is 4.57 Å². The number of benzene rings is 2. The molecule has 4 rings (SSSR count). The molecule has 0 bridgehead atoms. The Hall–Kier alpha value is -3.28. The maximum Gasteiger partial charge on any atom is 0.307 e. The molecule has 5 atom stereocenters. The van der Waals surface area contributed by atoms with Crippen molar-refractivity contribution in [3.63, 3.8) is 0 Å². The maximum absolute atomic E-state index is 13.5. The van der Waals surface area contributed by atoms with E-state index in [1.165, 1.54) is 18.8 Å². The van der Waals surface area contributed by atoms with Gasteiger partial charge in [0.1, 0.15) is 30.2 Å². The molecule has 3 aromatic rings. The minimum Gasteiger partial charge on any atom is -0.497 e. The summed E-state index contributed by atoms with van der Waals surface area (Å²) >= 11 is 0. The van der Waals surface area contributed by atoms with Gasteiger partial charge in [0.2, 0.25) is 0 Å². The molecule has 0 unspecified atom stereocenters. The van der Waals surface area contributed by atoms with Crippen molar-refractivity contribution in [3.8, 4) is 5.75 Å². The molecule has 2 heterocycles. The van der Waals surface area contributed by atoms with Crippen LogP contribution in [0.1, 0.15) is 33.3 Å². The third-order valence-electron chi connectivity index (χ3n) is 6.36. The zero-order valence-electron chi connectivity index (χ0n) is 19.4. The molecule has 10 heteroatoms. The Balaban J connectivity index is 1.69. The van der Waals surface area contributed by atoms with Gasteiger partial charge < -0.3 is 34.6 Å². The van der Waals surface area contributed by atoms with E-state index in [1.807, 2.05) is 0 Å². The molecule has 1 aliphatic rings. The van der Waals surface area contributed by atoms with Crippen molar-refractivity contribution in [2.75, 3.05) is 14.2 Å². The highest BCUT2D eigenvalue weighted by atomic mass is 16.7. The second kappa shape index (κ2) is 9.76. The lowest BCUT2D eigenvalue weighted by Gasteiger charge is -2.40. The van der Waals surface area contributed by atoms with E-state index in [0.717, 1.165) is 0 Å². The van der Waals surface area contributed by atoms with E-state index in [4.69, 9.17) is 14.2 Å². The lowest BCUT2D eigenvalue weighted by molar-refractivity contribution is -0.292. The Morgan fingerprint density at radius 1 is 1.00 bits per heavy atom. The van der Waals surface area contributed by atoms with Crippen LogP contribution in [-0.4, -0.2) is 75.7 Å². The van der Waals surface area contributed by atoms with Gasteiger partial charge in [0, 0.05) is 23.8 Å². The number of aliphatic carboxylic acids is 1. The van der Waals surface area contributed by atoms with Gasteiger partial charge in [0.25, 0.3) is 5.91 Å². The summed E-state index contributed by atoms with van der Waals surface area (Å²) in [5.74, 6) is -0.832. The average molecular weight is 485 g/mol. The van der Waals surface area contributed by atoms with Gasteiger partial charge in [-0.3, -0.25) is 14.2 Å². The van der Waals surface area contributed by atoms with Gasteiger partial charge in [-0.05, 0) is 48.4 Å². The van der Waals surface area contributed by atoms with Gasteiger partial charge >= 0.3 is 5.97 Å². The number of ether oxygens (including phenoxy) is 3. The molecule has 186 valence electrons. The zero-order valence-corrected chi connectivity index (χ0v) is 19.4. The fraction of sp³-hybridized carbons (Fsp3) is 0.360. The van der Waals surface area contributed by atoms with Gasteiger partial charge in [-0.15, -0.1) is 0 Å². The lowest BCUT2D eigenvalue weighted by Crippen LogP contribution is -2.54. The summed E-state index contributed by atoms with van der Waals surface area (Å²) < 4.78 is 17.4. The predicted molar refractivity (Wildman–Crippen MR) is 123 cm³/mol. The largest absolute Gasteiger partial charge is 0.497 e. The van der Waals surface area contributed by atoms with Gasteiger partial charge in [-0.2, -0.15) is 0 Å². The van der Waals surface area contributed by atoms with Crippen molar-refractivity contribution < 1.29 is 44.2 Å². The third-order valence-corrected chi connectivity index (χ3v) is 6.36. The number of carbonyl (C=O) groups is 2. The molecule has 0 spiro atoms. The van der Waals surface area contributed by atoms with Crippen LogP contribution < -0.4 is 4.74 Å². The number of hydrogen-bond acceptors (Lipinski definition) is 8. The summed E-state index contributed by atoms with van der Waals surface area (Å²) in [4.78, 5) is 25.0. The SMILES string of the molecule is COc1ccc2c(c1)c(CC(=O)O)c(C)n2C(=O)c1ccc([C@H]2O[C@H](OC)[C@@H](O)[C@@H](O)[C@@H]2O)cc1. The molecule has 1 fully saturated rings. The molecule has 10 nitrogen and oxygen atoms in total. The summed E-state index contributed by atoms with van der Waals surface area (Å²) in [6.07, 6.45) is -6.64. The number of carboxylic acid groups (broad SMARTS) is 1. The normalized spacial score (nSPS) is 24.5. The summed E-state index contributed by atoms with van der Waals surface area (Å²) in [5.41, 5.74) is 2.39. The summed E-state index contributed by atoms with van der Waals surface area (Å²) in [6.45, 7) is 1.70. The van der Waals surface area contributed by atoms with Crippen LogP contribution in [0.4, 0.5) is 0 Å². The summed E-state index contributed by atoms with van der Waals surface area (Å²) in [5, 5.41) is 40.5. The number of carbonyl (C=O) groups excluding carboxylic acids is 1. The summed E-state index contributed by atoms with van der Waals surface area (Å²) in [6, 6.07) is 11.4. The number of hydrogen-bond donors (Lipinski definition) is 4. The van der Waals surface area contributed by atoms with Gasteiger partial charge in [-0.25, -0.2) is 0 Å². The third kappa shape index (κ3) is 4.42. The molecular weight excluding hydrogens is 458 g/mol. The van der Waals surface area contributed by atoms with Crippen molar-refractivity contribution in [2.45, 2.75) is 44.1 Å². The van der Waals surface area contributed by atoms with Crippen LogP contribution in [0.5, 0.6) is 5.75 Å². The molecule has 4 N–H and O–H groups in total. The van der Waals surface area contributed by atoms with Crippen molar-refractivity contribution in [3.05, 3.63) is 64.8 Å². The maximum atomic E-state index is 13.5. The topological polar surface area (TPSA) is 148 Å². The van der Waals surface area contributed by atoms with E-state index in [9.17, 15) is 30.0 Å². The minimum atomic E-state index is -1.47. The number of aliphatic hydroxyl groups excluding tert-OH is 3. The molecule has 0 saturated carbocycles. The number of methoxy groups -OCH3 is 2.